The minimum atomic E-state index is -0.956. The van der Waals surface area contributed by atoms with Crippen LogP contribution in [0, 0.1) is 5.41 Å². The first-order valence-electron chi connectivity index (χ1n) is 6.90. The molecule has 0 fully saturated rings. The lowest BCUT2D eigenvalue weighted by Gasteiger charge is -2.27. The number of carboxylic acid groups (broad SMARTS) is 1. The molecule has 0 aliphatic heterocycles. The number of hydrogen-bond acceptors (Lipinski definition) is 4. The molecule has 0 aromatic carbocycles. The van der Waals surface area contributed by atoms with E-state index in [0.717, 1.165) is 12.2 Å². The van der Waals surface area contributed by atoms with E-state index in [4.69, 9.17) is 5.11 Å². The van der Waals surface area contributed by atoms with Gasteiger partial charge in [-0.3, -0.25) is 14.9 Å². The van der Waals surface area contributed by atoms with Crippen molar-refractivity contribution in [3.05, 3.63) is 0 Å². The van der Waals surface area contributed by atoms with Gasteiger partial charge >= 0.3 is 12.0 Å². The molecule has 0 rings (SSSR count). The Bertz CT molecular complexity index is 385. The molecule has 1 unspecified atom stereocenters. The summed E-state index contributed by atoms with van der Waals surface area (Å²) in [6.45, 7) is 5.37. The third-order valence-electron chi connectivity index (χ3n) is 3.21. The van der Waals surface area contributed by atoms with Crippen LogP contribution in [0.2, 0.25) is 0 Å². The van der Waals surface area contributed by atoms with Crippen LogP contribution in [0.1, 0.15) is 40.0 Å². The number of rotatable bonds is 8. The fraction of sp³-hybridized carbons (Fsp3) is 0.786. The van der Waals surface area contributed by atoms with Gasteiger partial charge in [0.2, 0.25) is 5.91 Å². The minimum Gasteiger partial charge on any atom is -0.481 e. The number of imide groups is 1. The number of thioether (sulfide) groups is 1. The molecule has 3 amide bonds. The molecule has 0 aliphatic carbocycles. The second kappa shape index (κ2) is 8.92. The van der Waals surface area contributed by atoms with Crippen LogP contribution >= 0.6 is 11.8 Å². The van der Waals surface area contributed by atoms with Crippen molar-refractivity contribution in [2.24, 2.45) is 5.41 Å². The van der Waals surface area contributed by atoms with Crippen molar-refractivity contribution < 1.29 is 19.5 Å². The Morgan fingerprint density at radius 3 is 2.29 bits per heavy atom. The zero-order chi connectivity index (χ0) is 16.6. The van der Waals surface area contributed by atoms with Crippen LogP contribution in [0.15, 0.2) is 0 Å². The van der Waals surface area contributed by atoms with E-state index >= 15 is 0 Å². The first kappa shape index (κ1) is 19.8. The van der Waals surface area contributed by atoms with Gasteiger partial charge in [-0.15, -0.1) is 0 Å². The van der Waals surface area contributed by atoms with E-state index in [2.05, 4.69) is 5.32 Å². The Morgan fingerprint density at radius 2 is 1.86 bits per heavy atom. The molecule has 0 aliphatic rings. The van der Waals surface area contributed by atoms with Crippen molar-refractivity contribution in [1.29, 1.82) is 0 Å². The quantitative estimate of drug-likeness (QED) is 0.716. The van der Waals surface area contributed by atoms with Crippen LogP contribution in [0.4, 0.5) is 4.79 Å². The van der Waals surface area contributed by atoms with Gasteiger partial charge < -0.3 is 10.0 Å². The number of carboxylic acids is 1. The Morgan fingerprint density at radius 1 is 1.29 bits per heavy atom. The standard InChI is InChI=1S/C14H26N2O4S/c1-6-10(9-21-5)16(4)13(20)15-11(17)7-14(2,3)8-12(18)19/h10H,6-9H2,1-5H3,(H,18,19)(H,15,17,20). The van der Waals surface area contributed by atoms with Crippen LogP contribution in [0.25, 0.3) is 0 Å². The summed E-state index contributed by atoms with van der Waals surface area (Å²) in [7, 11) is 1.66. The zero-order valence-electron chi connectivity index (χ0n) is 13.4. The molecule has 21 heavy (non-hydrogen) atoms. The van der Waals surface area contributed by atoms with Crippen LogP contribution in [0.3, 0.4) is 0 Å². The Hall–Kier alpha value is -1.24. The number of carbonyl (C=O) groups excluding carboxylic acids is 2. The van der Waals surface area contributed by atoms with E-state index in [1.165, 1.54) is 4.90 Å². The predicted molar refractivity (Wildman–Crippen MR) is 84.4 cm³/mol. The molecule has 122 valence electrons. The van der Waals surface area contributed by atoms with E-state index < -0.39 is 23.3 Å². The van der Waals surface area contributed by atoms with Gasteiger partial charge in [-0.1, -0.05) is 20.8 Å². The van der Waals surface area contributed by atoms with Crippen LogP contribution in [-0.4, -0.2) is 53.0 Å². The topological polar surface area (TPSA) is 86.7 Å². The number of urea groups is 1. The van der Waals surface area contributed by atoms with E-state index in [9.17, 15) is 14.4 Å². The van der Waals surface area contributed by atoms with Gasteiger partial charge in [0.15, 0.2) is 0 Å². The monoisotopic (exact) mass is 318 g/mol. The molecule has 0 bridgehead atoms. The maximum absolute atomic E-state index is 12.0. The van der Waals surface area contributed by atoms with E-state index in [1.807, 2.05) is 13.2 Å². The first-order chi connectivity index (χ1) is 9.62. The molecule has 0 saturated heterocycles. The van der Waals surface area contributed by atoms with Gasteiger partial charge in [-0.05, 0) is 18.1 Å². The van der Waals surface area contributed by atoms with Crippen molar-refractivity contribution in [3.8, 4) is 0 Å². The second-order valence-electron chi connectivity index (χ2n) is 5.89. The predicted octanol–water partition coefficient (Wildman–Crippen LogP) is 2.19. The zero-order valence-corrected chi connectivity index (χ0v) is 14.2. The molecule has 0 radical (unpaired) electrons. The van der Waals surface area contributed by atoms with Crippen LogP contribution < -0.4 is 5.32 Å². The third kappa shape index (κ3) is 7.94. The molecule has 1 atom stereocenters. The van der Waals surface area contributed by atoms with E-state index in [0.29, 0.717) is 0 Å². The molecule has 0 aromatic rings. The highest BCUT2D eigenvalue weighted by atomic mass is 32.2. The number of nitrogens with one attached hydrogen (secondary N) is 1. The van der Waals surface area contributed by atoms with Gasteiger partial charge in [-0.2, -0.15) is 11.8 Å². The molecular weight excluding hydrogens is 292 g/mol. The summed E-state index contributed by atoms with van der Waals surface area (Å²) in [5, 5.41) is 11.1. The van der Waals surface area contributed by atoms with Crippen molar-refractivity contribution in [2.75, 3.05) is 19.1 Å². The highest BCUT2D eigenvalue weighted by molar-refractivity contribution is 7.98. The first-order valence-corrected chi connectivity index (χ1v) is 8.29. The van der Waals surface area contributed by atoms with E-state index in [-0.39, 0.29) is 18.9 Å². The van der Waals surface area contributed by atoms with Crippen LogP contribution in [-0.2, 0) is 9.59 Å². The fourth-order valence-electron chi connectivity index (χ4n) is 2.02. The molecule has 2 N–H and O–H groups in total. The van der Waals surface area contributed by atoms with Gasteiger partial charge in [0.1, 0.15) is 0 Å². The fourth-order valence-corrected chi connectivity index (χ4v) is 2.86. The highest BCUT2D eigenvalue weighted by Gasteiger charge is 2.27. The van der Waals surface area contributed by atoms with Crippen LogP contribution in [0.5, 0.6) is 0 Å². The van der Waals surface area contributed by atoms with Crippen molar-refractivity contribution in [2.45, 2.75) is 46.1 Å². The number of nitrogens with zero attached hydrogens (tertiary/aromatic N) is 1. The SMILES string of the molecule is CCC(CSC)N(C)C(=O)NC(=O)CC(C)(C)CC(=O)O. The van der Waals surface area contributed by atoms with Crippen molar-refractivity contribution >= 4 is 29.7 Å². The average molecular weight is 318 g/mol. The molecule has 0 heterocycles. The highest BCUT2D eigenvalue weighted by Crippen LogP contribution is 2.24. The summed E-state index contributed by atoms with van der Waals surface area (Å²) in [6, 6.07) is -0.369. The Kier molecular flexibility index (Phi) is 8.39. The summed E-state index contributed by atoms with van der Waals surface area (Å²) in [5.41, 5.74) is -0.682. The molecular formula is C14H26N2O4S. The van der Waals surface area contributed by atoms with Gasteiger partial charge in [0.05, 0.1) is 6.42 Å². The minimum absolute atomic E-state index is 0.00179. The van der Waals surface area contributed by atoms with E-state index in [1.54, 1.807) is 32.7 Å². The molecule has 0 spiro atoms. The third-order valence-corrected chi connectivity index (χ3v) is 3.93. The van der Waals surface area contributed by atoms with Crippen molar-refractivity contribution in [1.82, 2.24) is 10.2 Å². The normalized spacial score (nSPS) is 12.6. The van der Waals surface area contributed by atoms with Gasteiger partial charge in [-0.25, -0.2) is 4.79 Å². The average Bonchev–Trinajstić information content (AvgIpc) is 2.32. The maximum Gasteiger partial charge on any atom is 0.324 e. The lowest BCUT2D eigenvalue weighted by molar-refractivity contribution is -0.139. The number of aliphatic carboxylic acids is 1. The largest absolute Gasteiger partial charge is 0.481 e. The molecule has 7 heteroatoms. The molecule has 6 nitrogen and oxygen atoms in total. The summed E-state index contributed by atoms with van der Waals surface area (Å²) < 4.78 is 0. The Balaban J connectivity index is 4.50. The summed E-state index contributed by atoms with van der Waals surface area (Å²) in [5.74, 6) is -0.599. The smallest absolute Gasteiger partial charge is 0.324 e. The summed E-state index contributed by atoms with van der Waals surface area (Å²) >= 11 is 1.64. The van der Waals surface area contributed by atoms with Crippen molar-refractivity contribution in [3.63, 3.8) is 0 Å². The Labute approximate surface area is 130 Å². The maximum atomic E-state index is 12.0. The molecule has 0 aromatic heterocycles. The lowest BCUT2D eigenvalue weighted by atomic mass is 9.85. The van der Waals surface area contributed by atoms with Gasteiger partial charge in [0, 0.05) is 25.3 Å². The van der Waals surface area contributed by atoms with Gasteiger partial charge in [0.25, 0.3) is 0 Å². The number of hydrogen-bond donors (Lipinski definition) is 2. The summed E-state index contributed by atoms with van der Waals surface area (Å²) in [6.07, 6.45) is 2.66. The number of carbonyl (C=O) groups is 3. The number of amides is 3. The summed E-state index contributed by atoms with van der Waals surface area (Å²) in [4.78, 5) is 36.1. The second-order valence-corrected chi connectivity index (χ2v) is 6.80. The molecule has 0 saturated carbocycles. The lowest BCUT2D eigenvalue weighted by Crippen LogP contribution is -2.47.